The molecule has 14 rings (SSSR count). The highest BCUT2D eigenvalue weighted by atomic mass is 15.2. The molecule has 1 aromatic heterocycles. The fraction of sp³-hybridized carbons (Fsp3) is 0.0746. The summed E-state index contributed by atoms with van der Waals surface area (Å²) in [6.07, 6.45) is 18.1. The minimum Gasteiger partial charge on any atom is -0.356 e. The lowest BCUT2D eigenvalue weighted by Gasteiger charge is -2.33. The van der Waals surface area contributed by atoms with Gasteiger partial charge in [-0.2, -0.15) is 0 Å². The number of nitrogens with one attached hydrogen (secondary N) is 1. The highest BCUT2D eigenvalue weighted by molar-refractivity contribution is 6.11. The van der Waals surface area contributed by atoms with E-state index < -0.39 is 0 Å². The van der Waals surface area contributed by atoms with Crippen molar-refractivity contribution in [2.24, 2.45) is 11.8 Å². The number of benzene rings is 10. The summed E-state index contributed by atoms with van der Waals surface area (Å²) in [5.41, 5.74) is 11.4. The van der Waals surface area contributed by atoms with Gasteiger partial charge in [0.1, 0.15) is 0 Å². The summed E-state index contributed by atoms with van der Waals surface area (Å²) < 4.78 is 2.47. The van der Waals surface area contributed by atoms with Crippen molar-refractivity contribution in [3.63, 3.8) is 0 Å². The Balaban J connectivity index is 0.000000438. The monoisotopic (exact) mass is 912 g/mol. The molecule has 10 aromatic carbocycles. The molecule has 4 heteroatoms. The predicted octanol–water partition coefficient (Wildman–Crippen LogP) is 17.9. The maximum Gasteiger partial charge on any atom is 0.0561 e. The van der Waals surface area contributed by atoms with E-state index in [9.17, 15) is 0 Å². The van der Waals surface area contributed by atoms with Crippen LogP contribution in [0.5, 0.6) is 0 Å². The van der Waals surface area contributed by atoms with Crippen LogP contribution in [0.3, 0.4) is 0 Å². The quantitative estimate of drug-likeness (QED) is 0.156. The Hall–Kier alpha value is -8.86. The Kier molecular flexibility index (Phi) is 10.8. The number of hydrogen-bond donors (Lipinski definition) is 1. The van der Waals surface area contributed by atoms with E-state index >= 15 is 0 Å². The Bertz CT molecular complexity index is 3830. The second-order valence-corrected chi connectivity index (χ2v) is 19.0. The third-order valence-corrected chi connectivity index (χ3v) is 14.5. The highest BCUT2D eigenvalue weighted by Gasteiger charge is 2.35. The maximum absolute atomic E-state index is 3.69. The van der Waals surface area contributed by atoms with Gasteiger partial charge in [0, 0.05) is 56.3 Å². The molecular formula is C67H52N4. The molecule has 0 aliphatic heterocycles. The van der Waals surface area contributed by atoms with Crippen LogP contribution in [0.1, 0.15) is 12.8 Å². The number of hydrogen-bond acceptors (Lipinski definition) is 3. The van der Waals surface area contributed by atoms with E-state index in [2.05, 4.69) is 287 Å². The molecule has 3 aliphatic rings. The van der Waals surface area contributed by atoms with Gasteiger partial charge >= 0.3 is 0 Å². The highest BCUT2D eigenvalue weighted by Crippen LogP contribution is 2.45. The van der Waals surface area contributed by atoms with Crippen molar-refractivity contribution in [1.29, 1.82) is 0 Å². The first-order valence-electron chi connectivity index (χ1n) is 24.9. The molecule has 1 fully saturated rings. The number of aromatic nitrogens is 1. The van der Waals surface area contributed by atoms with Crippen LogP contribution in [-0.2, 0) is 0 Å². The molecule has 340 valence electrons. The summed E-state index contributed by atoms with van der Waals surface area (Å²) in [6.45, 7) is 0. The van der Waals surface area contributed by atoms with Gasteiger partial charge in [-0.15, -0.1) is 0 Å². The first kappa shape index (κ1) is 42.3. The fourth-order valence-electron chi connectivity index (χ4n) is 10.8. The van der Waals surface area contributed by atoms with E-state index in [1.165, 1.54) is 66.4 Å². The van der Waals surface area contributed by atoms with Crippen LogP contribution in [0.15, 0.2) is 273 Å². The topological polar surface area (TPSA) is 23.4 Å². The standard InChI is InChI=1S/C57H44N4.C10H8/c1-3-15-47(16-4-1)59(50-25-20-39-11-7-9-13-41(39)35-50)52-29-31-54-55-32-30-53(60(48-17-5-2-6-18-48)51-26-21-40-12-8-10-14-42(40)36-51)38-57(55)61(56(54)37-52)49-27-23-45(24-28-49)58-46-22-19-43-33-44(43)34-46;1-2-6-10-8-4-3-7-9(10)5-1/h1-17,19-32,34-38,43-44,48,58H,18,33H2;1-8H. The summed E-state index contributed by atoms with van der Waals surface area (Å²) in [7, 11) is 0. The van der Waals surface area contributed by atoms with Crippen LogP contribution < -0.4 is 15.1 Å². The maximum atomic E-state index is 3.69. The molecule has 71 heavy (non-hydrogen) atoms. The summed E-state index contributed by atoms with van der Waals surface area (Å²) in [5.74, 6) is 1.42. The lowest BCUT2D eigenvalue weighted by molar-refractivity contribution is 0.786. The number of rotatable bonds is 9. The Labute approximate surface area is 415 Å². The van der Waals surface area contributed by atoms with Gasteiger partial charge in [0.2, 0.25) is 0 Å². The van der Waals surface area contributed by atoms with E-state index in [1.807, 2.05) is 0 Å². The molecule has 0 bridgehead atoms. The molecule has 3 aliphatic carbocycles. The first-order valence-corrected chi connectivity index (χ1v) is 24.9. The molecule has 0 radical (unpaired) electrons. The molecule has 1 heterocycles. The lowest BCUT2D eigenvalue weighted by Crippen LogP contribution is -2.29. The minimum absolute atomic E-state index is 0.175. The van der Waals surface area contributed by atoms with Crippen LogP contribution >= 0.6 is 0 Å². The number of anilines is 6. The van der Waals surface area contributed by atoms with Crippen molar-refractivity contribution in [2.75, 3.05) is 15.1 Å². The molecule has 3 atom stereocenters. The molecule has 1 N–H and O–H groups in total. The largest absolute Gasteiger partial charge is 0.356 e. The average Bonchev–Trinajstić information content (AvgIpc) is 4.15. The fourth-order valence-corrected chi connectivity index (χ4v) is 10.8. The van der Waals surface area contributed by atoms with Crippen LogP contribution in [0.25, 0.3) is 59.8 Å². The van der Waals surface area contributed by atoms with Gasteiger partial charge in [-0.05, 0) is 148 Å². The third kappa shape index (κ3) is 8.34. The van der Waals surface area contributed by atoms with Gasteiger partial charge in [-0.1, -0.05) is 176 Å². The number of allylic oxidation sites excluding steroid dienone is 5. The zero-order chi connectivity index (χ0) is 47.1. The van der Waals surface area contributed by atoms with Crippen molar-refractivity contribution < 1.29 is 0 Å². The van der Waals surface area contributed by atoms with Gasteiger partial charge in [-0.25, -0.2) is 0 Å². The smallest absolute Gasteiger partial charge is 0.0561 e. The van der Waals surface area contributed by atoms with E-state index in [0.29, 0.717) is 5.92 Å². The lowest BCUT2D eigenvalue weighted by atomic mass is 10.0. The van der Waals surface area contributed by atoms with Crippen molar-refractivity contribution in [3.05, 3.63) is 273 Å². The summed E-state index contributed by atoms with van der Waals surface area (Å²) in [4.78, 5) is 4.89. The molecule has 11 aromatic rings. The second kappa shape index (κ2) is 18.2. The number of nitrogens with zero attached hydrogens (tertiary/aromatic N) is 3. The molecular weight excluding hydrogens is 861 g/mol. The molecule has 3 unspecified atom stereocenters. The number of para-hydroxylation sites is 1. The van der Waals surface area contributed by atoms with Gasteiger partial charge in [0.05, 0.1) is 17.1 Å². The predicted molar refractivity (Wildman–Crippen MR) is 302 cm³/mol. The molecule has 1 saturated carbocycles. The molecule has 0 saturated heterocycles. The second-order valence-electron chi connectivity index (χ2n) is 19.0. The number of fused-ring (bicyclic) bond motifs is 7. The van der Waals surface area contributed by atoms with E-state index in [-0.39, 0.29) is 6.04 Å². The summed E-state index contributed by atoms with van der Waals surface area (Å²) >= 11 is 0. The zero-order valence-electron chi connectivity index (χ0n) is 39.4. The van der Waals surface area contributed by atoms with Gasteiger partial charge in [0.15, 0.2) is 0 Å². The normalized spacial score (nSPS) is 16.7. The van der Waals surface area contributed by atoms with Gasteiger partial charge in [0.25, 0.3) is 0 Å². The van der Waals surface area contributed by atoms with Crippen LogP contribution in [-0.4, -0.2) is 10.6 Å². The van der Waals surface area contributed by atoms with E-state index in [1.54, 1.807) is 0 Å². The Morgan fingerprint density at radius 2 is 0.944 bits per heavy atom. The van der Waals surface area contributed by atoms with Crippen molar-refractivity contribution in [1.82, 2.24) is 4.57 Å². The van der Waals surface area contributed by atoms with E-state index in [4.69, 9.17) is 0 Å². The average molecular weight is 913 g/mol. The first-order chi connectivity index (χ1) is 35.2. The minimum atomic E-state index is 0.175. The van der Waals surface area contributed by atoms with Crippen molar-refractivity contribution in [2.45, 2.75) is 18.9 Å². The van der Waals surface area contributed by atoms with Crippen molar-refractivity contribution >= 4 is 88.2 Å². The molecule has 4 nitrogen and oxygen atoms in total. The molecule has 0 amide bonds. The van der Waals surface area contributed by atoms with Crippen LogP contribution in [0.4, 0.5) is 34.1 Å². The zero-order valence-corrected chi connectivity index (χ0v) is 39.4. The third-order valence-electron chi connectivity index (χ3n) is 14.5. The van der Waals surface area contributed by atoms with Crippen LogP contribution in [0.2, 0.25) is 0 Å². The van der Waals surface area contributed by atoms with Gasteiger partial charge < -0.3 is 19.7 Å². The Morgan fingerprint density at radius 1 is 0.423 bits per heavy atom. The van der Waals surface area contributed by atoms with Crippen molar-refractivity contribution in [3.8, 4) is 5.69 Å². The molecule has 0 spiro atoms. The van der Waals surface area contributed by atoms with Crippen LogP contribution in [0, 0.1) is 11.8 Å². The van der Waals surface area contributed by atoms with Gasteiger partial charge in [-0.3, -0.25) is 0 Å². The van der Waals surface area contributed by atoms with E-state index in [0.717, 1.165) is 52.0 Å². The summed E-state index contributed by atoms with van der Waals surface area (Å²) in [6, 6.07) is 81.5. The SMILES string of the molecule is C1=CCC(N(c2ccc3ccccc3c2)c2ccc3c4ccc(N(c5ccccc5)c5ccc6ccccc6c5)cc4n(-c4ccc(NC5=CC6CC6C=C5)cc4)c3c2)C=C1.c1ccc2ccccc2c1. The summed E-state index contributed by atoms with van der Waals surface area (Å²) in [5, 5.41) is 13.7. The Morgan fingerprint density at radius 3 is 1.56 bits per heavy atom.